The van der Waals surface area contributed by atoms with Crippen molar-refractivity contribution in [3.63, 3.8) is 0 Å². The van der Waals surface area contributed by atoms with Crippen LogP contribution in [0.4, 0.5) is 0 Å². The largest absolute Gasteiger partial charge is 0.380 e. The summed E-state index contributed by atoms with van der Waals surface area (Å²) in [6.45, 7) is 8.11. The van der Waals surface area contributed by atoms with E-state index in [2.05, 4.69) is 27.8 Å². The van der Waals surface area contributed by atoms with Crippen LogP contribution in [0.5, 0.6) is 0 Å². The van der Waals surface area contributed by atoms with Crippen LogP contribution in [0.1, 0.15) is 25.0 Å². The highest BCUT2D eigenvalue weighted by Crippen LogP contribution is 2.07. The summed E-state index contributed by atoms with van der Waals surface area (Å²) in [5.41, 5.74) is 2.22. The lowest BCUT2D eigenvalue weighted by Gasteiger charge is -2.11. The summed E-state index contributed by atoms with van der Waals surface area (Å²) in [5.74, 6) is 0.784. The first-order valence-corrected chi connectivity index (χ1v) is 9.06. The van der Waals surface area contributed by atoms with Crippen molar-refractivity contribution in [2.24, 2.45) is 4.99 Å². The quantitative estimate of drug-likeness (QED) is 0.249. The average Bonchev–Trinajstić information content (AvgIpc) is 2.66. The number of hydrogen-bond acceptors (Lipinski definition) is 3. The molecule has 27 heavy (non-hydrogen) atoms. The molecule has 0 spiro atoms. The Morgan fingerprint density at radius 1 is 1.07 bits per heavy atom. The first kappa shape index (κ1) is 23.2. The van der Waals surface area contributed by atoms with Gasteiger partial charge in [-0.2, -0.15) is 0 Å². The fourth-order valence-corrected chi connectivity index (χ4v) is 2.44. The predicted octanol–water partition coefficient (Wildman–Crippen LogP) is 2.61. The molecule has 0 amide bonds. The number of halogens is 1. The van der Waals surface area contributed by atoms with E-state index in [0.29, 0.717) is 19.7 Å². The van der Waals surface area contributed by atoms with E-state index in [-0.39, 0.29) is 29.5 Å². The Morgan fingerprint density at radius 2 is 1.81 bits per heavy atom. The minimum absolute atomic E-state index is 0. The number of rotatable bonds is 9. The lowest BCUT2D eigenvalue weighted by atomic mass is 10.1. The molecule has 7 heteroatoms. The second-order valence-electron chi connectivity index (χ2n) is 5.80. The molecule has 2 aromatic rings. The topological polar surface area (TPSA) is 67.7 Å². The number of ether oxygens (including phenoxy) is 1. The third-order valence-electron chi connectivity index (χ3n) is 3.78. The summed E-state index contributed by atoms with van der Waals surface area (Å²) >= 11 is 0. The predicted molar refractivity (Wildman–Crippen MR) is 121 cm³/mol. The number of benzene rings is 1. The van der Waals surface area contributed by atoms with Crippen molar-refractivity contribution in [2.75, 3.05) is 26.3 Å². The van der Waals surface area contributed by atoms with Crippen LogP contribution in [-0.4, -0.2) is 36.8 Å². The summed E-state index contributed by atoms with van der Waals surface area (Å²) in [7, 11) is 0. The number of aliphatic imine (C=N–C) groups is 1. The fourth-order valence-electron chi connectivity index (χ4n) is 2.44. The van der Waals surface area contributed by atoms with E-state index >= 15 is 0 Å². The third-order valence-corrected chi connectivity index (χ3v) is 3.78. The lowest BCUT2D eigenvalue weighted by Crippen LogP contribution is -2.39. The SMILES string of the molecule is CCNC(=NCc1ccc(Cn2ccccc2=O)cc1)NCCOCC.I. The van der Waals surface area contributed by atoms with Gasteiger partial charge in [0.25, 0.3) is 5.56 Å². The minimum Gasteiger partial charge on any atom is -0.380 e. The molecule has 0 atom stereocenters. The molecule has 1 aromatic carbocycles. The molecule has 0 unspecified atom stereocenters. The maximum Gasteiger partial charge on any atom is 0.250 e. The molecule has 0 saturated heterocycles. The minimum atomic E-state index is 0. The zero-order valence-corrected chi connectivity index (χ0v) is 18.3. The third kappa shape index (κ3) is 8.57. The number of pyridine rings is 1. The van der Waals surface area contributed by atoms with Crippen molar-refractivity contribution < 1.29 is 4.74 Å². The van der Waals surface area contributed by atoms with Gasteiger partial charge in [0.05, 0.1) is 19.7 Å². The molecular weight excluding hydrogens is 455 g/mol. The molecule has 0 aliphatic carbocycles. The molecule has 0 radical (unpaired) electrons. The summed E-state index contributed by atoms with van der Waals surface area (Å²) < 4.78 is 7.02. The van der Waals surface area contributed by atoms with Crippen molar-refractivity contribution in [3.05, 3.63) is 70.1 Å². The second-order valence-corrected chi connectivity index (χ2v) is 5.80. The first-order chi connectivity index (χ1) is 12.7. The van der Waals surface area contributed by atoms with E-state index in [1.807, 2.05) is 32.0 Å². The van der Waals surface area contributed by atoms with Gasteiger partial charge < -0.3 is 19.9 Å². The zero-order valence-electron chi connectivity index (χ0n) is 16.0. The molecule has 1 heterocycles. The standard InChI is InChI=1S/C20H28N4O2.HI/c1-3-21-20(22-12-14-26-4-2)23-15-17-8-10-18(11-9-17)16-24-13-6-5-7-19(24)25;/h5-11,13H,3-4,12,14-16H2,1-2H3,(H2,21,22,23);1H. The summed E-state index contributed by atoms with van der Waals surface area (Å²) in [4.78, 5) is 16.4. The smallest absolute Gasteiger partial charge is 0.250 e. The van der Waals surface area contributed by atoms with Gasteiger partial charge in [0.15, 0.2) is 5.96 Å². The monoisotopic (exact) mass is 484 g/mol. The molecule has 1 aromatic heterocycles. The zero-order chi connectivity index (χ0) is 18.6. The highest BCUT2D eigenvalue weighted by Gasteiger charge is 2.00. The Bertz CT molecular complexity index is 744. The summed E-state index contributed by atoms with van der Waals surface area (Å²) in [6, 6.07) is 13.4. The van der Waals surface area contributed by atoms with Gasteiger partial charge in [-0.1, -0.05) is 30.3 Å². The number of guanidine groups is 1. The van der Waals surface area contributed by atoms with Gasteiger partial charge in [-0.15, -0.1) is 24.0 Å². The van der Waals surface area contributed by atoms with Crippen molar-refractivity contribution in [1.29, 1.82) is 0 Å². The summed E-state index contributed by atoms with van der Waals surface area (Å²) in [6.07, 6.45) is 1.80. The molecule has 0 fully saturated rings. The molecule has 148 valence electrons. The maximum absolute atomic E-state index is 11.8. The van der Waals surface area contributed by atoms with Crippen LogP contribution < -0.4 is 16.2 Å². The van der Waals surface area contributed by atoms with Crippen LogP contribution in [0.2, 0.25) is 0 Å². The van der Waals surface area contributed by atoms with E-state index in [1.165, 1.54) is 0 Å². The molecule has 6 nitrogen and oxygen atoms in total. The van der Waals surface area contributed by atoms with Crippen molar-refractivity contribution >= 4 is 29.9 Å². The Labute approximate surface area is 178 Å². The van der Waals surface area contributed by atoms with Gasteiger partial charge in [-0.25, -0.2) is 4.99 Å². The average molecular weight is 484 g/mol. The van der Waals surface area contributed by atoms with Crippen LogP contribution in [0, 0.1) is 0 Å². The molecule has 0 saturated carbocycles. The summed E-state index contributed by atoms with van der Waals surface area (Å²) in [5, 5.41) is 6.48. The van der Waals surface area contributed by atoms with Gasteiger partial charge in [0.2, 0.25) is 0 Å². The molecule has 0 aliphatic heterocycles. The van der Waals surface area contributed by atoms with Crippen LogP contribution in [-0.2, 0) is 17.8 Å². The van der Waals surface area contributed by atoms with Gasteiger partial charge in [0.1, 0.15) is 0 Å². The highest BCUT2D eigenvalue weighted by molar-refractivity contribution is 14.0. The van der Waals surface area contributed by atoms with E-state index in [9.17, 15) is 4.79 Å². The number of nitrogens with one attached hydrogen (secondary N) is 2. The van der Waals surface area contributed by atoms with Crippen LogP contribution in [0.3, 0.4) is 0 Å². The lowest BCUT2D eigenvalue weighted by molar-refractivity contribution is 0.152. The van der Waals surface area contributed by atoms with Gasteiger partial charge in [0, 0.05) is 32.0 Å². The van der Waals surface area contributed by atoms with Crippen LogP contribution in [0.15, 0.2) is 58.4 Å². The molecule has 0 bridgehead atoms. The van der Waals surface area contributed by atoms with Gasteiger partial charge in [-0.05, 0) is 31.0 Å². The van der Waals surface area contributed by atoms with Gasteiger partial charge in [-0.3, -0.25) is 4.79 Å². The molecule has 2 N–H and O–H groups in total. The molecule has 2 rings (SSSR count). The van der Waals surface area contributed by atoms with Crippen LogP contribution in [0.25, 0.3) is 0 Å². The Hall–Kier alpha value is -1.87. The van der Waals surface area contributed by atoms with E-state index in [0.717, 1.165) is 36.8 Å². The Morgan fingerprint density at radius 3 is 2.48 bits per heavy atom. The maximum atomic E-state index is 11.8. The number of hydrogen-bond donors (Lipinski definition) is 2. The molecule has 0 aliphatic rings. The van der Waals surface area contributed by atoms with E-state index in [4.69, 9.17) is 4.74 Å². The molecular formula is C20H29IN4O2. The number of nitrogens with zero attached hydrogens (tertiary/aromatic N) is 2. The van der Waals surface area contributed by atoms with Crippen LogP contribution >= 0.6 is 24.0 Å². The second kappa shape index (κ2) is 13.3. The fraction of sp³-hybridized carbons (Fsp3) is 0.400. The van der Waals surface area contributed by atoms with E-state index in [1.54, 1.807) is 22.9 Å². The first-order valence-electron chi connectivity index (χ1n) is 9.06. The van der Waals surface area contributed by atoms with Gasteiger partial charge >= 0.3 is 0 Å². The van der Waals surface area contributed by atoms with Crippen molar-refractivity contribution in [2.45, 2.75) is 26.9 Å². The van der Waals surface area contributed by atoms with Crippen molar-refractivity contribution in [3.8, 4) is 0 Å². The van der Waals surface area contributed by atoms with E-state index < -0.39 is 0 Å². The Balaban J connectivity index is 0.00000364. The number of aromatic nitrogens is 1. The normalized spacial score (nSPS) is 11.0. The highest BCUT2D eigenvalue weighted by atomic mass is 127. The Kier molecular flexibility index (Phi) is 11.4. The van der Waals surface area contributed by atoms with Crippen molar-refractivity contribution in [1.82, 2.24) is 15.2 Å².